The molecular weight excluding hydrogens is 318 g/mol. The molecule has 11 nitrogen and oxygen atoms in total. The fourth-order valence-electron chi connectivity index (χ4n) is 4.17. The van der Waals surface area contributed by atoms with Gasteiger partial charge in [-0.25, -0.2) is 10.3 Å². The molecular formula is C13H20N7O4+. The molecule has 2 amide bonds. The lowest BCUT2D eigenvalue weighted by Crippen LogP contribution is -2.90. The van der Waals surface area contributed by atoms with Crippen LogP contribution in [0.25, 0.3) is 0 Å². The van der Waals surface area contributed by atoms with Crippen molar-refractivity contribution in [2.24, 2.45) is 16.5 Å². The average Bonchev–Trinajstić information content (AvgIpc) is 3.10. The van der Waals surface area contributed by atoms with Gasteiger partial charge in [0.2, 0.25) is 17.6 Å². The van der Waals surface area contributed by atoms with Gasteiger partial charge in [0.25, 0.3) is 5.66 Å². The number of likely N-dealkylation sites (tertiary alicyclic amines) is 1. The van der Waals surface area contributed by atoms with Crippen LogP contribution in [0.15, 0.2) is 4.99 Å². The summed E-state index contributed by atoms with van der Waals surface area (Å²) in [7, 11) is 0. The van der Waals surface area contributed by atoms with E-state index in [1.54, 1.807) is 4.90 Å². The van der Waals surface area contributed by atoms with Gasteiger partial charge in [-0.1, -0.05) is 0 Å². The Hall–Kier alpha value is -2.40. The van der Waals surface area contributed by atoms with Crippen LogP contribution in [0.1, 0.15) is 19.3 Å². The fraction of sp³-hybridized carbons (Fsp3) is 0.692. The predicted octanol–water partition coefficient (Wildman–Crippen LogP) is -5.72. The van der Waals surface area contributed by atoms with E-state index >= 15 is 0 Å². The van der Waals surface area contributed by atoms with E-state index in [1.165, 1.54) is 0 Å². The van der Waals surface area contributed by atoms with Crippen LogP contribution in [0, 0.1) is 0 Å². The molecule has 1 spiro atoms. The maximum Gasteiger partial charge on any atom is 0.343 e. The van der Waals surface area contributed by atoms with Gasteiger partial charge in [-0.3, -0.25) is 25.2 Å². The largest absolute Gasteiger partial charge is 0.370 e. The van der Waals surface area contributed by atoms with Gasteiger partial charge in [0, 0.05) is 25.8 Å². The summed E-state index contributed by atoms with van der Waals surface area (Å²) in [6, 6.07) is -1.32. The van der Waals surface area contributed by atoms with Gasteiger partial charge in [-0.05, 0) is 0 Å². The molecule has 0 aliphatic carbocycles. The number of rotatable bonds is 2. The number of aliphatic hydroxyl groups is 2. The smallest absolute Gasteiger partial charge is 0.343 e. The van der Waals surface area contributed by atoms with E-state index < -0.39 is 23.5 Å². The highest BCUT2D eigenvalue weighted by Gasteiger charge is 2.72. The molecule has 2 saturated heterocycles. The summed E-state index contributed by atoms with van der Waals surface area (Å²) < 4.78 is 0. The number of nitrogens with two attached hydrogens (primary N) is 2. The van der Waals surface area contributed by atoms with Crippen molar-refractivity contribution >= 4 is 23.7 Å². The van der Waals surface area contributed by atoms with Gasteiger partial charge in [-0.15, -0.1) is 0 Å². The van der Waals surface area contributed by atoms with E-state index in [9.17, 15) is 19.8 Å². The molecule has 24 heavy (non-hydrogen) atoms. The van der Waals surface area contributed by atoms with Crippen LogP contribution in [0.4, 0.5) is 0 Å². The molecule has 2 fully saturated rings. The molecule has 4 rings (SSSR count). The highest BCUT2D eigenvalue weighted by molar-refractivity contribution is 6.02. The van der Waals surface area contributed by atoms with E-state index in [0.717, 1.165) is 4.90 Å². The zero-order valence-electron chi connectivity index (χ0n) is 12.9. The number of carbonyl (C=O) groups excluding carboxylic acids is 2. The Balaban J connectivity index is 1.73. The minimum absolute atomic E-state index is 0.0106. The highest BCUT2D eigenvalue weighted by atomic mass is 16.5. The summed E-state index contributed by atoms with van der Waals surface area (Å²) >= 11 is 0. The zero-order chi connectivity index (χ0) is 17.3. The Morgan fingerprint density at radius 1 is 1.29 bits per heavy atom. The van der Waals surface area contributed by atoms with Crippen LogP contribution in [0.2, 0.25) is 0 Å². The molecule has 0 bridgehead atoms. The number of hydrogen-bond donors (Lipinski definition) is 6. The second kappa shape index (κ2) is 4.57. The lowest BCUT2D eigenvalue weighted by atomic mass is 9.86. The Kier molecular flexibility index (Phi) is 2.89. The Bertz CT molecular complexity index is 674. The summed E-state index contributed by atoms with van der Waals surface area (Å²) in [4.78, 5) is 33.8. The van der Waals surface area contributed by atoms with E-state index in [1.807, 2.05) is 0 Å². The van der Waals surface area contributed by atoms with E-state index in [4.69, 9.17) is 11.5 Å². The van der Waals surface area contributed by atoms with Gasteiger partial charge in [0.05, 0.1) is 6.54 Å². The monoisotopic (exact) mass is 338 g/mol. The van der Waals surface area contributed by atoms with E-state index in [2.05, 4.69) is 15.3 Å². The number of aliphatic imine (C=N–C) groups is 1. The van der Waals surface area contributed by atoms with Crippen molar-refractivity contribution in [1.82, 2.24) is 15.1 Å². The van der Waals surface area contributed by atoms with Crippen LogP contribution in [-0.2, 0) is 9.59 Å². The summed E-state index contributed by atoms with van der Waals surface area (Å²) in [5.74, 6) is -2.36. The molecule has 0 aromatic heterocycles. The van der Waals surface area contributed by atoms with Gasteiger partial charge >= 0.3 is 5.96 Å². The second-order valence-electron chi connectivity index (χ2n) is 6.60. The Labute approximate surface area is 137 Å². The quantitative estimate of drug-likeness (QED) is 0.213. The number of guanidine groups is 2. The van der Waals surface area contributed by atoms with Gasteiger partial charge in [0.1, 0.15) is 6.04 Å². The van der Waals surface area contributed by atoms with E-state index in [-0.39, 0.29) is 56.1 Å². The number of imide groups is 1. The number of amides is 2. The average molecular weight is 338 g/mol. The first-order chi connectivity index (χ1) is 11.3. The first kappa shape index (κ1) is 15.1. The molecule has 3 atom stereocenters. The van der Waals surface area contributed by atoms with Crippen LogP contribution < -0.4 is 21.8 Å². The molecule has 0 aromatic rings. The minimum Gasteiger partial charge on any atom is -0.370 e. The summed E-state index contributed by atoms with van der Waals surface area (Å²) in [6.45, 7) is 0.297. The third-order valence-electron chi connectivity index (χ3n) is 5.29. The molecule has 0 radical (unpaired) electrons. The number of nitrogens with one attached hydrogen (secondary N) is 2. The third-order valence-corrected chi connectivity index (χ3v) is 5.29. The molecule has 2 unspecified atom stereocenters. The molecule has 4 heterocycles. The maximum atomic E-state index is 11.9. The first-order valence-electron chi connectivity index (χ1n) is 7.82. The molecule has 4 aliphatic heterocycles. The third kappa shape index (κ3) is 1.73. The zero-order valence-corrected chi connectivity index (χ0v) is 12.9. The predicted molar refractivity (Wildman–Crippen MR) is 79.7 cm³/mol. The van der Waals surface area contributed by atoms with Crippen molar-refractivity contribution in [1.29, 1.82) is 0 Å². The van der Waals surface area contributed by atoms with Crippen molar-refractivity contribution in [3.05, 3.63) is 0 Å². The summed E-state index contributed by atoms with van der Waals surface area (Å²) in [5, 5.41) is 24.0. The SMILES string of the molecule is NC1=N[C@@H](CN2C(=O)CCC2=O)C2[NH+]=C(N)NC23N1CCC3(O)O. The first-order valence-corrected chi connectivity index (χ1v) is 7.82. The molecule has 0 aromatic carbocycles. The van der Waals surface area contributed by atoms with Crippen LogP contribution >= 0.6 is 0 Å². The lowest BCUT2D eigenvalue weighted by Gasteiger charge is -2.46. The van der Waals surface area contributed by atoms with E-state index in [0.29, 0.717) is 0 Å². The molecule has 130 valence electrons. The van der Waals surface area contributed by atoms with Gasteiger partial charge in [0.15, 0.2) is 12.0 Å². The highest BCUT2D eigenvalue weighted by Crippen LogP contribution is 2.40. The number of carbonyl (C=O) groups is 2. The topological polar surface area (TPSA) is 171 Å². The number of hydrogen-bond acceptors (Lipinski definition) is 9. The molecule has 0 saturated carbocycles. The summed E-state index contributed by atoms with van der Waals surface area (Å²) in [6.07, 6.45) is 0.406. The molecule has 8 N–H and O–H groups in total. The van der Waals surface area contributed by atoms with Crippen molar-refractivity contribution in [3.63, 3.8) is 0 Å². The van der Waals surface area contributed by atoms with Crippen LogP contribution in [0.5, 0.6) is 0 Å². The summed E-state index contributed by atoms with van der Waals surface area (Å²) in [5.41, 5.74) is 10.5. The normalized spacial score (nSPS) is 37.1. The van der Waals surface area contributed by atoms with Crippen LogP contribution in [-0.4, -0.2) is 80.4 Å². The van der Waals surface area contributed by atoms with Crippen molar-refractivity contribution < 1.29 is 24.8 Å². The van der Waals surface area contributed by atoms with Gasteiger partial charge < -0.3 is 20.8 Å². The number of nitrogens with zero attached hydrogens (tertiary/aromatic N) is 3. The Morgan fingerprint density at radius 2 is 1.96 bits per heavy atom. The standard InChI is InChI=1S/C13H19N7O4/c14-10-17-9-6(5-19-7(21)1-2-8(19)22)16-11(15)20-4-3-12(23,24)13(9,20)18-10/h6,9,23-24H,1-5H2,(H2,15,16)(H3,14,17,18)/p+1/t6-,9?,13?/m0/s1. The van der Waals surface area contributed by atoms with Gasteiger partial charge in [-0.2, -0.15) is 0 Å². The van der Waals surface area contributed by atoms with Crippen molar-refractivity contribution in [2.45, 2.75) is 42.8 Å². The second-order valence-corrected chi connectivity index (χ2v) is 6.60. The Morgan fingerprint density at radius 3 is 2.62 bits per heavy atom. The fourth-order valence-corrected chi connectivity index (χ4v) is 4.17. The van der Waals surface area contributed by atoms with Crippen molar-refractivity contribution in [2.75, 3.05) is 13.1 Å². The molecule has 4 aliphatic rings. The van der Waals surface area contributed by atoms with Crippen LogP contribution in [0.3, 0.4) is 0 Å². The maximum absolute atomic E-state index is 11.9. The molecule has 11 heteroatoms. The van der Waals surface area contributed by atoms with Crippen molar-refractivity contribution in [3.8, 4) is 0 Å². The lowest BCUT2D eigenvalue weighted by molar-refractivity contribution is -0.521. The minimum atomic E-state index is -2.11.